The van der Waals surface area contributed by atoms with E-state index in [-0.39, 0.29) is 17.8 Å². The molecule has 0 saturated carbocycles. The van der Waals surface area contributed by atoms with Crippen LogP contribution in [0, 0.1) is 25.6 Å². The first kappa shape index (κ1) is 21.3. The maximum Gasteiger partial charge on any atom is 0.298 e. The van der Waals surface area contributed by atoms with Gasteiger partial charge in [0.2, 0.25) is 0 Å². The number of carbonyl (C=O) groups excluding carboxylic acids is 1. The number of amides is 1. The molecular formula is C26H25FN4O2S. The van der Waals surface area contributed by atoms with Gasteiger partial charge in [0.05, 0.1) is 15.9 Å². The van der Waals surface area contributed by atoms with Crippen LogP contribution in [0.2, 0.25) is 0 Å². The van der Waals surface area contributed by atoms with E-state index in [4.69, 9.17) is 9.40 Å². The molecule has 174 valence electrons. The van der Waals surface area contributed by atoms with Crippen LogP contribution in [-0.4, -0.2) is 46.5 Å². The van der Waals surface area contributed by atoms with Gasteiger partial charge in [-0.05, 0) is 68.0 Å². The van der Waals surface area contributed by atoms with Gasteiger partial charge in [0.1, 0.15) is 17.0 Å². The Bertz CT molecular complexity index is 1380. The highest BCUT2D eigenvalue weighted by Gasteiger charge is 2.43. The van der Waals surface area contributed by atoms with Crippen molar-refractivity contribution in [1.82, 2.24) is 14.9 Å². The van der Waals surface area contributed by atoms with Crippen molar-refractivity contribution in [3.63, 3.8) is 0 Å². The number of likely N-dealkylation sites (tertiary alicyclic amines) is 1. The smallest absolute Gasteiger partial charge is 0.298 e. The maximum absolute atomic E-state index is 13.8. The fourth-order valence-corrected chi connectivity index (χ4v) is 6.16. The number of aryl methyl sites for hydroxylation is 2. The third-order valence-electron chi connectivity index (χ3n) is 6.89. The zero-order chi connectivity index (χ0) is 23.4. The van der Waals surface area contributed by atoms with Gasteiger partial charge in [-0.3, -0.25) is 4.79 Å². The predicted octanol–water partition coefficient (Wildman–Crippen LogP) is 5.45. The van der Waals surface area contributed by atoms with Crippen molar-refractivity contribution >= 4 is 34.4 Å². The van der Waals surface area contributed by atoms with Crippen molar-refractivity contribution in [2.45, 2.75) is 32.7 Å². The van der Waals surface area contributed by atoms with Gasteiger partial charge in [-0.15, -0.1) is 11.3 Å². The second-order valence-corrected chi connectivity index (χ2v) is 10.5. The molecule has 2 aromatic heterocycles. The van der Waals surface area contributed by atoms with E-state index in [1.807, 2.05) is 36.9 Å². The van der Waals surface area contributed by atoms with E-state index in [1.165, 1.54) is 23.5 Å². The number of hydrogen-bond donors (Lipinski definition) is 0. The molecule has 2 aliphatic heterocycles. The molecule has 6 rings (SSSR count). The summed E-state index contributed by atoms with van der Waals surface area (Å²) in [4.78, 5) is 28.0. The summed E-state index contributed by atoms with van der Waals surface area (Å²) in [6.07, 6.45) is 2.04. The van der Waals surface area contributed by atoms with Crippen molar-refractivity contribution < 1.29 is 13.6 Å². The quantitative estimate of drug-likeness (QED) is 0.394. The molecule has 4 aromatic rings. The van der Waals surface area contributed by atoms with E-state index in [9.17, 15) is 9.18 Å². The Kier molecular flexibility index (Phi) is 5.13. The molecule has 2 atom stereocenters. The van der Waals surface area contributed by atoms with Crippen LogP contribution in [0.15, 0.2) is 46.9 Å². The zero-order valence-corrected chi connectivity index (χ0v) is 19.9. The molecule has 8 heteroatoms. The number of hydrogen-bond acceptors (Lipinski definition) is 6. The van der Waals surface area contributed by atoms with Gasteiger partial charge in [0.15, 0.2) is 5.58 Å². The molecule has 4 heterocycles. The molecule has 2 saturated heterocycles. The fraction of sp³-hybridized carbons (Fsp3) is 0.346. The predicted molar refractivity (Wildman–Crippen MR) is 131 cm³/mol. The van der Waals surface area contributed by atoms with Gasteiger partial charge >= 0.3 is 0 Å². The van der Waals surface area contributed by atoms with Gasteiger partial charge in [-0.2, -0.15) is 4.98 Å². The summed E-state index contributed by atoms with van der Waals surface area (Å²) in [5.74, 6) is 0.0222. The Morgan fingerprint density at radius 1 is 1.12 bits per heavy atom. The van der Waals surface area contributed by atoms with Gasteiger partial charge in [-0.25, -0.2) is 9.37 Å². The van der Waals surface area contributed by atoms with Crippen molar-refractivity contribution in [3.05, 3.63) is 64.5 Å². The number of benzene rings is 2. The molecule has 0 aliphatic carbocycles. The number of aromatic nitrogens is 2. The second-order valence-electron chi connectivity index (χ2n) is 9.26. The van der Waals surface area contributed by atoms with Crippen LogP contribution in [0.1, 0.15) is 33.9 Å². The Hall–Kier alpha value is -3.26. The topological polar surface area (TPSA) is 62.5 Å². The average molecular weight is 477 g/mol. The van der Waals surface area contributed by atoms with E-state index < -0.39 is 0 Å². The SMILES string of the molecule is Cc1ccc2nc(N3CC4CCCN(C(=O)c5nc(C)sc5-c5ccc(F)cc5)C4C3)oc2c1. The van der Waals surface area contributed by atoms with E-state index in [1.54, 1.807) is 12.1 Å². The average Bonchev–Trinajstić information content (AvgIpc) is 3.54. The lowest BCUT2D eigenvalue weighted by Crippen LogP contribution is -2.48. The number of carbonyl (C=O) groups is 1. The molecule has 6 nitrogen and oxygen atoms in total. The number of anilines is 1. The third-order valence-corrected chi connectivity index (χ3v) is 7.91. The molecule has 34 heavy (non-hydrogen) atoms. The van der Waals surface area contributed by atoms with Crippen LogP contribution in [0.3, 0.4) is 0 Å². The zero-order valence-electron chi connectivity index (χ0n) is 19.1. The Morgan fingerprint density at radius 3 is 2.76 bits per heavy atom. The summed E-state index contributed by atoms with van der Waals surface area (Å²) in [6.45, 7) is 6.16. The molecule has 0 bridgehead atoms. The lowest BCUT2D eigenvalue weighted by Gasteiger charge is -2.36. The van der Waals surface area contributed by atoms with E-state index in [0.29, 0.717) is 30.7 Å². The lowest BCUT2D eigenvalue weighted by molar-refractivity contribution is 0.0570. The maximum atomic E-state index is 13.8. The molecule has 2 unspecified atom stereocenters. The number of thiazole rings is 1. The van der Waals surface area contributed by atoms with Crippen LogP contribution in [0.5, 0.6) is 0 Å². The normalized spacial score (nSPS) is 20.2. The van der Waals surface area contributed by atoms with E-state index in [0.717, 1.165) is 51.5 Å². The number of nitrogens with zero attached hydrogens (tertiary/aromatic N) is 4. The first-order chi connectivity index (χ1) is 16.5. The third kappa shape index (κ3) is 3.66. The van der Waals surface area contributed by atoms with Gasteiger partial charge in [0.25, 0.3) is 11.9 Å². The standard InChI is InChI=1S/C26H25FN4O2S/c1-15-5-10-20-22(12-15)33-26(29-20)30-13-18-4-3-11-31(21(18)14-30)25(32)23-24(34-16(2)28-23)17-6-8-19(27)9-7-17/h5-10,12,18,21H,3-4,11,13-14H2,1-2H3. The summed E-state index contributed by atoms with van der Waals surface area (Å²) in [6, 6.07) is 13.0. The number of halogens is 1. The van der Waals surface area contributed by atoms with E-state index in [2.05, 4.69) is 9.88 Å². The molecule has 1 amide bonds. The summed E-state index contributed by atoms with van der Waals surface area (Å²) in [5, 5.41) is 0.825. The highest BCUT2D eigenvalue weighted by atomic mass is 32.1. The van der Waals surface area contributed by atoms with Gasteiger partial charge < -0.3 is 14.2 Å². The van der Waals surface area contributed by atoms with Crippen LogP contribution in [0.4, 0.5) is 10.4 Å². The fourth-order valence-electron chi connectivity index (χ4n) is 5.25. The Labute approximate surface area is 201 Å². The Morgan fingerprint density at radius 2 is 1.94 bits per heavy atom. The largest absolute Gasteiger partial charge is 0.423 e. The molecule has 0 radical (unpaired) electrons. The van der Waals surface area contributed by atoms with Crippen LogP contribution >= 0.6 is 11.3 Å². The highest BCUT2D eigenvalue weighted by molar-refractivity contribution is 7.15. The first-order valence-electron chi connectivity index (χ1n) is 11.6. The van der Waals surface area contributed by atoms with E-state index >= 15 is 0 Å². The first-order valence-corrected chi connectivity index (χ1v) is 12.4. The van der Waals surface area contributed by atoms with Crippen molar-refractivity contribution in [2.24, 2.45) is 5.92 Å². The van der Waals surface area contributed by atoms with Crippen LogP contribution in [0.25, 0.3) is 21.5 Å². The highest BCUT2D eigenvalue weighted by Crippen LogP contribution is 2.37. The number of rotatable bonds is 3. The molecule has 2 aromatic carbocycles. The van der Waals surface area contributed by atoms with Crippen LogP contribution in [-0.2, 0) is 0 Å². The van der Waals surface area contributed by atoms with Crippen LogP contribution < -0.4 is 4.90 Å². The molecule has 0 spiro atoms. The molecule has 2 aliphatic rings. The minimum atomic E-state index is -0.294. The number of oxazole rings is 1. The molecule has 2 fully saturated rings. The van der Waals surface area contributed by atoms with Gasteiger partial charge in [0, 0.05) is 19.6 Å². The molecular weight excluding hydrogens is 451 g/mol. The summed E-state index contributed by atoms with van der Waals surface area (Å²) in [7, 11) is 0. The van der Waals surface area contributed by atoms with Crippen molar-refractivity contribution in [2.75, 3.05) is 24.5 Å². The summed E-state index contributed by atoms with van der Waals surface area (Å²) in [5.41, 5.74) is 4.06. The van der Waals surface area contributed by atoms with Crippen molar-refractivity contribution in [3.8, 4) is 10.4 Å². The van der Waals surface area contributed by atoms with Crippen molar-refractivity contribution in [1.29, 1.82) is 0 Å². The Balaban J connectivity index is 1.28. The lowest BCUT2D eigenvalue weighted by atomic mass is 9.91. The summed E-state index contributed by atoms with van der Waals surface area (Å²) >= 11 is 1.48. The van der Waals surface area contributed by atoms with Gasteiger partial charge in [-0.1, -0.05) is 18.2 Å². The summed E-state index contributed by atoms with van der Waals surface area (Å²) < 4.78 is 19.5. The monoisotopic (exact) mass is 476 g/mol. The minimum absolute atomic E-state index is 0.0478. The second kappa shape index (κ2) is 8.20. The molecule has 0 N–H and O–H groups in total. The number of fused-ring (bicyclic) bond motifs is 2. The minimum Gasteiger partial charge on any atom is -0.423 e. The number of piperidine rings is 1.